The van der Waals surface area contributed by atoms with E-state index in [-0.39, 0.29) is 11.4 Å². The van der Waals surface area contributed by atoms with Crippen LogP contribution >= 0.6 is 0 Å². The summed E-state index contributed by atoms with van der Waals surface area (Å²) in [7, 11) is 0. The Morgan fingerprint density at radius 2 is 2.25 bits per heavy atom. The molecule has 0 saturated heterocycles. The van der Waals surface area contributed by atoms with Crippen molar-refractivity contribution in [1.82, 2.24) is 0 Å². The molecule has 4 nitrogen and oxygen atoms in total. The van der Waals surface area contributed by atoms with Crippen LogP contribution < -0.4 is 11.1 Å². The molecule has 0 fully saturated rings. The van der Waals surface area contributed by atoms with Gasteiger partial charge in [-0.2, -0.15) is 0 Å². The molecule has 0 heterocycles. The van der Waals surface area contributed by atoms with Gasteiger partial charge in [0.1, 0.15) is 11.5 Å². The SMILES string of the molecule is Nc1cccc(F)c1NC(=O)O. The molecule has 0 aliphatic heterocycles. The van der Waals surface area contributed by atoms with Gasteiger partial charge < -0.3 is 10.8 Å². The Morgan fingerprint density at radius 3 is 2.75 bits per heavy atom. The summed E-state index contributed by atoms with van der Waals surface area (Å²) in [4.78, 5) is 10.1. The minimum atomic E-state index is -1.34. The topological polar surface area (TPSA) is 75.3 Å². The average molecular weight is 170 g/mol. The number of rotatable bonds is 1. The maximum atomic E-state index is 12.8. The fraction of sp³-hybridized carbons (Fsp3) is 0. The van der Waals surface area contributed by atoms with Crippen LogP contribution in [0, 0.1) is 5.82 Å². The molecule has 0 saturated carbocycles. The van der Waals surface area contributed by atoms with Gasteiger partial charge in [0.15, 0.2) is 0 Å². The Morgan fingerprint density at radius 1 is 1.58 bits per heavy atom. The van der Waals surface area contributed by atoms with Crippen LogP contribution in [0.5, 0.6) is 0 Å². The molecule has 1 amide bonds. The highest BCUT2D eigenvalue weighted by Gasteiger charge is 2.07. The van der Waals surface area contributed by atoms with Crippen LogP contribution in [0.2, 0.25) is 0 Å². The molecule has 5 heteroatoms. The van der Waals surface area contributed by atoms with Gasteiger partial charge >= 0.3 is 6.09 Å². The monoisotopic (exact) mass is 170 g/mol. The standard InChI is InChI=1S/C7H7FN2O2/c8-4-2-1-3-5(9)6(4)10-7(11)12/h1-3,10H,9H2,(H,11,12). The smallest absolute Gasteiger partial charge is 0.409 e. The maximum absolute atomic E-state index is 12.8. The molecule has 0 aliphatic rings. The van der Waals surface area contributed by atoms with Gasteiger partial charge in [0.05, 0.1) is 5.69 Å². The van der Waals surface area contributed by atoms with E-state index in [0.29, 0.717) is 0 Å². The molecule has 64 valence electrons. The molecule has 12 heavy (non-hydrogen) atoms. The Kier molecular flexibility index (Phi) is 2.14. The number of nitrogens with one attached hydrogen (secondary N) is 1. The first-order chi connectivity index (χ1) is 5.61. The van der Waals surface area contributed by atoms with Crippen molar-refractivity contribution in [2.45, 2.75) is 0 Å². The number of nitrogen functional groups attached to an aromatic ring is 1. The van der Waals surface area contributed by atoms with E-state index in [4.69, 9.17) is 10.8 Å². The zero-order valence-electron chi connectivity index (χ0n) is 6.04. The lowest BCUT2D eigenvalue weighted by Gasteiger charge is -2.04. The molecule has 0 aliphatic carbocycles. The third-order valence-corrected chi connectivity index (χ3v) is 1.28. The summed E-state index contributed by atoms with van der Waals surface area (Å²) in [5.74, 6) is -0.683. The molecule has 1 aromatic carbocycles. The number of hydrogen-bond donors (Lipinski definition) is 3. The Bertz CT molecular complexity index is 294. The van der Waals surface area contributed by atoms with Crippen LogP contribution in [0.1, 0.15) is 0 Å². The van der Waals surface area contributed by atoms with Crippen molar-refractivity contribution in [3.63, 3.8) is 0 Å². The maximum Gasteiger partial charge on any atom is 0.409 e. The molecule has 0 unspecified atom stereocenters. The van der Waals surface area contributed by atoms with Crippen molar-refractivity contribution in [1.29, 1.82) is 0 Å². The number of nitrogens with two attached hydrogens (primary N) is 1. The van der Waals surface area contributed by atoms with Crippen molar-refractivity contribution >= 4 is 17.5 Å². The largest absolute Gasteiger partial charge is 0.465 e. The molecule has 0 bridgehead atoms. The van der Waals surface area contributed by atoms with Gasteiger partial charge in [-0.3, -0.25) is 5.32 Å². The van der Waals surface area contributed by atoms with Crippen LogP contribution in [-0.2, 0) is 0 Å². The van der Waals surface area contributed by atoms with Crippen molar-refractivity contribution in [2.24, 2.45) is 0 Å². The number of para-hydroxylation sites is 1. The van der Waals surface area contributed by atoms with Crippen molar-refractivity contribution in [3.05, 3.63) is 24.0 Å². The van der Waals surface area contributed by atoms with E-state index in [9.17, 15) is 9.18 Å². The Hall–Kier alpha value is -1.78. The summed E-state index contributed by atoms with van der Waals surface area (Å²) in [5, 5.41) is 10.1. The first-order valence-electron chi connectivity index (χ1n) is 3.15. The van der Waals surface area contributed by atoms with E-state index >= 15 is 0 Å². The fourth-order valence-corrected chi connectivity index (χ4v) is 0.780. The van der Waals surface area contributed by atoms with Crippen molar-refractivity contribution in [2.75, 3.05) is 11.1 Å². The van der Waals surface area contributed by atoms with Gasteiger partial charge in [0, 0.05) is 0 Å². The molecule has 1 aromatic rings. The zero-order chi connectivity index (χ0) is 9.14. The zero-order valence-corrected chi connectivity index (χ0v) is 6.04. The van der Waals surface area contributed by atoms with E-state index < -0.39 is 11.9 Å². The number of halogens is 1. The number of hydrogen-bond acceptors (Lipinski definition) is 2. The van der Waals surface area contributed by atoms with Crippen LogP contribution in [0.4, 0.5) is 20.6 Å². The minimum absolute atomic E-state index is 0.0670. The van der Waals surface area contributed by atoms with Crippen LogP contribution in [0.15, 0.2) is 18.2 Å². The van der Waals surface area contributed by atoms with Gasteiger partial charge in [-0.15, -0.1) is 0 Å². The second-order valence-corrected chi connectivity index (χ2v) is 2.13. The van der Waals surface area contributed by atoms with Crippen LogP contribution in [0.3, 0.4) is 0 Å². The molecular weight excluding hydrogens is 163 g/mol. The Labute approximate surface area is 67.8 Å². The number of carbonyl (C=O) groups is 1. The first kappa shape index (κ1) is 8.32. The molecule has 1 rings (SSSR count). The van der Waals surface area contributed by atoms with E-state index in [0.717, 1.165) is 6.07 Å². The van der Waals surface area contributed by atoms with Gasteiger partial charge in [0.25, 0.3) is 0 Å². The van der Waals surface area contributed by atoms with Gasteiger partial charge in [0.2, 0.25) is 0 Å². The summed E-state index contributed by atoms with van der Waals surface area (Å²) >= 11 is 0. The van der Waals surface area contributed by atoms with Gasteiger partial charge in [-0.25, -0.2) is 9.18 Å². The minimum Gasteiger partial charge on any atom is -0.465 e. The van der Waals surface area contributed by atoms with Crippen LogP contribution in [-0.4, -0.2) is 11.2 Å². The third-order valence-electron chi connectivity index (χ3n) is 1.28. The van der Waals surface area contributed by atoms with E-state index in [2.05, 4.69) is 0 Å². The molecule has 0 atom stereocenters. The summed E-state index contributed by atoms with van der Waals surface area (Å²) in [6, 6.07) is 3.94. The second-order valence-electron chi connectivity index (χ2n) is 2.13. The summed E-state index contributed by atoms with van der Waals surface area (Å²) in [6.45, 7) is 0. The summed E-state index contributed by atoms with van der Waals surface area (Å²) in [5.41, 5.74) is 5.17. The highest BCUT2D eigenvalue weighted by molar-refractivity contribution is 5.87. The molecule has 0 aromatic heterocycles. The normalized spacial score (nSPS) is 9.42. The highest BCUT2D eigenvalue weighted by atomic mass is 19.1. The van der Waals surface area contributed by atoms with E-state index in [1.165, 1.54) is 12.1 Å². The lowest BCUT2D eigenvalue weighted by atomic mass is 10.2. The third kappa shape index (κ3) is 1.63. The van der Waals surface area contributed by atoms with E-state index in [1.54, 1.807) is 0 Å². The Balaban J connectivity index is 3.04. The lowest BCUT2D eigenvalue weighted by molar-refractivity contribution is 0.209. The summed E-state index contributed by atoms with van der Waals surface area (Å²) in [6.07, 6.45) is -1.34. The van der Waals surface area contributed by atoms with Gasteiger partial charge in [-0.05, 0) is 12.1 Å². The molecular formula is C7H7FN2O2. The molecule has 0 radical (unpaired) electrons. The van der Waals surface area contributed by atoms with E-state index in [1.807, 2.05) is 5.32 Å². The number of benzene rings is 1. The highest BCUT2D eigenvalue weighted by Crippen LogP contribution is 2.21. The number of carboxylic acid groups (broad SMARTS) is 1. The van der Waals surface area contributed by atoms with Gasteiger partial charge in [-0.1, -0.05) is 6.07 Å². The number of anilines is 2. The lowest BCUT2D eigenvalue weighted by Crippen LogP contribution is -2.10. The second kappa shape index (κ2) is 3.08. The predicted molar refractivity (Wildman–Crippen MR) is 42.5 cm³/mol. The average Bonchev–Trinajstić information content (AvgIpc) is 1.97. The fourth-order valence-electron chi connectivity index (χ4n) is 0.780. The van der Waals surface area contributed by atoms with Crippen molar-refractivity contribution < 1.29 is 14.3 Å². The quantitative estimate of drug-likeness (QED) is 0.559. The van der Waals surface area contributed by atoms with Crippen LogP contribution in [0.25, 0.3) is 0 Å². The molecule has 4 N–H and O–H groups in total. The predicted octanol–water partition coefficient (Wildman–Crippen LogP) is 1.50. The van der Waals surface area contributed by atoms with Crippen molar-refractivity contribution in [3.8, 4) is 0 Å². The molecule has 0 spiro atoms. The number of amides is 1. The first-order valence-corrected chi connectivity index (χ1v) is 3.15. The summed E-state index contributed by atoms with van der Waals surface area (Å²) < 4.78 is 12.8.